The van der Waals surface area contributed by atoms with Crippen molar-refractivity contribution in [3.05, 3.63) is 130 Å². The summed E-state index contributed by atoms with van der Waals surface area (Å²) in [5.41, 5.74) is 8.77. The number of fused-ring (bicyclic) bond motifs is 2. The maximum absolute atomic E-state index is 14.4. The molecule has 0 radical (unpaired) electrons. The fourth-order valence-electron chi connectivity index (χ4n) is 9.10. The third-order valence-corrected chi connectivity index (χ3v) is 13.7. The van der Waals surface area contributed by atoms with E-state index in [1.54, 1.807) is 72.8 Å². The average Bonchev–Trinajstić information content (AvgIpc) is 4.29. The molecule has 2 aliphatic rings. The molecule has 2 aliphatic heterocycles. The molecule has 4 atom stereocenters. The van der Waals surface area contributed by atoms with E-state index in [4.69, 9.17) is 10.8 Å². The van der Waals surface area contributed by atoms with Crippen molar-refractivity contribution in [2.24, 2.45) is 5.73 Å². The van der Waals surface area contributed by atoms with Crippen molar-refractivity contribution in [2.75, 3.05) is 23.7 Å². The van der Waals surface area contributed by atoms with Crippen molar-refractivity contribution in [1.29, 1.82) is 0 Å². The van der Waals surface area contributed by atoms with Crippen LogP contribution in [0.4, 0.5) is 20.4 Å². The molecule has 0 unspecified atom stereocenters. The van der Waals surface area contributed by atoms with E-state index >= 15 is 0 Å². The number of amides is 5. The smallest absolute Gasteiger partial charge is 0.373 e. The number of alkyl halides is 2. The standard InChI is InChI=1S/C26H22BrFN8O4.C26H21BrFN7O5.2CH4/c1-13(37)23-17-7-14(15-9-30-25(24(29)39)31-10-15)5-6-18(17)36(34-23)12-22(38)35-11-16(28)8-19(35)26(40)33-21-4-2-3-20(27)32-21;1-13(36)23-17-7-14(15-9-29-24(26(39)40)30-10-15)5-6-18(17)35(33-23)12-22(37)34-11-16(28)8-19(34)25(38)32-21-4-2-3-20(27)31-21;;/h2-7,9-10,16,19H,8,11-12H2,1H3,(H2,29,39)(H,32,33,40);2-7,9-10,16,19H,8,11-12H2,1H3,(H,39,40)(H,31,32,38);2*1H4/t2*16-,19+;;/m11../s1. The van der Waals surface area contributed by atoms with Gasteiger partial charge in [0.25, 0.3) is 5.91 Å². The second-order valence-corrected chi connectivity index (χ2v) is 19.9. The number of aromatic nitrogens is 10. The molecule has 0 bridgehead atoms. The van der Waals surface area contributed by atoms with Gasteiger partial charge in [-0.1, -0.05) is 39.1 Å². The minimum atomic E-state index is -1.38. The molecule has 0 saturated carbocycles. The molecule has 6 aromatic heterocycles. The molecule has 2 fully saturated rings. The summed E-state index contributed by atoms with van der Waals surface area (Å²) in [6.45, 7) is 1.56. The van der Waals surface area contributed by atoms with Crippen molar-refractivity contribution < 1.29 is 52.2 Å². The van der Waals surface area contributed by atoms with Gasteiger partial charge in [0.2, 0.25) is 35.3 Å². The number of anilines is 2. The van der Waals surface area contributed by atoms with Crippen LogP contribution in [-0.2, 0) is 32.3 Å². The minimum absolute atomic E-state index is 0. The fourth-order valence-corrected chi connectivity index (χ4v) is 9.79. The van der Waals surface area contributed by atoms with E-state index in [1.807, 2.05) is 0 Å². The Kier molecular flexibility index (Phi) is 18.8. The van der Waals surface area contributed by atoms with Crippen molar-refractivity contribution in [3.63, 3.8) is 0 Å². The lowest BCUT2D eigenvalue weighted by atomic mass is 10.0. The highest BCUT2D eigenvalue weighted by atomic mass is 79.9. The summed E-state index contributed by atoms with van der Waals surface area (Å²) in [6, 6.07) is 18.0. The second kappa shape index (κ2) is 25.5. The van der Waals surface area contributed by atoms with Gasteiger partial charge in [-0.05, 0) is 91.5 Å². The Morgan fingerprint density at radius 2 is 0.988 bits per heavy atom. The number of carboxylic acid groups (broad SMARTS) is 1. The van der Waals surface area contributed by atoms with Crippen molar-refractivity contribution in [2.45, 2.75) is 79.1 Å². The van der Waals surface area contributed by atoms with Crippen LogP contribution < -0.4 is 16.4 Å². The van der Waals surface area contributed by atoms with Crippen LogP contribution >= 0.6 is 31.9 Å². The van der Waals surface area contributed by atoms with Crippen molar-refractivity contribution >= 4 is 112 Å². The molecule has 24 nitrogen and oxygen atoms in total. The molecular formula is C54H51Br2F2N15O9. The van der Waals surface area contributed by atoms with E-state index in [0.717, 1.165) is 0 Å². The number of likely N-dealkylation sites (tertiary alicyclic amines) is 2. The Labute approximate surface area is 482 Å². The number of hydrogen-bond donors (Lipinski definition) is 4. The normalized spacial score (nSPS) is 16.3. The number of carbonyl (C=O) groups is 8. The van der Waals surface area contributed by atoms with Gasteiger partial charge in [-0.15, -0.1) is 0 Å². The van der Waals surface area contributed by atoms with Gasteiger partial charge in [-0.3, -0.25) is 42.9 Å². The van der Waals surface area contributed by atoms with Gasteiger partial charge in [-0.2, -0.15) is 10.2 Å². The second-order valence-electron chi connectivity index (χ2n) is 18.3. The fraction of sp³-hybridized carbons (Fsp3) is 0.259. The summed E-state index contributed by atoms with van der Waals surface area (Å²) >= 11 is 6.46. The van der Waals surface area contributed by atoms with E-state index in [2.05, 4.69) is 82.6 Å². The molecule has 10 rings (SSSR count). The SMILES string of the molecule is C.C.CC(=O)c1nn(CC(=O)N2C[C@H](F)C[C@H]2C(=O)Nc2cccc(Br)n2)c2ccc(-c3cnc(C(=O)O)nc3)cc12.CC(=O)c1nn(CC(=O)N2C[C@H](F)C[C@H]2C(=O)Nc2cccc(Br)n2)c2ccc(-c3cnc(C(N)=O)nc3)cc12. The van der Waals surface area contributed by atoms with Crippen molar-refractivity contribution in [1.82, 2.24) is 59.3 Å². The Morgan fingerprint density at radius 1 is 0.598 bits per heavy atom. The quantitative estimate of drug-likeness (QED) is 0.0633. The predicted octanol–water partition coefficient (Wildman–Crippen LogP) is 6.93. The molecule has 5 amide bonds. The van der Waals surface area contributed by atoms with Gasteiger partial charge in [0.1, 0.15) is 69.7 Å². The largest absolute Gasteiger partial charge is 0.475 e. The van der Waals surface area contributed by atoms with E-state index in [-0.39, 0.29) is 100 Å². The summed E-state index contributed by atoms with van der Waals surface area (Å²) in [5, 5.41) is 23.9. The first-order valence-electron chi connectivity index (χ1n) is 24.2. The van der Waals surface area contributed by atoms with Gasteiger partial charge in [0.05, 0.1) is 24.1 Å². The van der Waals surface area contributed by atoms with Crippen LogP contribution in [0.5, 0.6) is 0 Å². The van der Waals surface area contributed by atoms with Gasteiger partial charge in [0.15, 0.2) is 11.6 Å². The number of benzene rings is 2. The Morgan fingerprint density at radius 3 is 1.34 bits per heavy atom. The van der Waals surface area contributed by atoms with Crippen molar-refractivity contribution in [3.8, 4) is 22.3 Å². The number of nitrogens with zero attached hydrogens (tertiary/aromatic N) is 12. The number of halogens is 4. The Balaban J connectivity index is 0.000000230. The number of nitrogens with one attached hydrogen (secondary N) is 2. The first-order chi connectivity index (χ1) is 38.2. The van der Waals surface area contributed by atoms with Crippen LogP contribution in [0, 0.1) is 0 Å². The molecule has 2 saturated heterocycles. The number of pyridine rings is 2. The summed E-state index contributed by atoms with van der Waals surface area (Å²) in [5.74, 6) is -4.80. The summed E-state index contributed by atoms with van der Waals surface area (Å²) in [6.07, 6.45) is 2.53. The van der Waals surface area contributed by atoms with E-state index < -0.39 is 59.9 Å². The van der Waals surface area contributed by atoms with E-state index in [0.29, 0.717) is 53.3 Å². The van der Waals surface area contributed by atoms with Gasteiger partial charge >= 0.3 is 5.97 Å². The number of rotatable bonds is 14. The molecule has 0 aliphatic carbocycles. The summed E-state index contributed by atoms with van der Waals surface area (Å²) in [7, 11) is 0. The highest BCUT2D eigenvalue weighted by molar-refractivity contribution is 9.10. The zero-order chi connectivity index (χ0) is 57.1. The number of aromatic carboxylic acids is 1. The topological polar surface area (TPSA) is 326 Å². The molecule has 424 valence electrons. The zero-order valence-corrected chi connectivity index (χ0v) is 45.1. The monoisotopic (exact) mass is 1250 g/mol. The van der Waals surface area contributed by atoms with Crippen LogP contribution in [0.2, 0.25) is 0 Å². The first-order valence-corrected chi connectivity index (χ1v) is 25.7. The lowest BCUT2D eigenvalue weighted by Gasteiger charge is -2.23. The molecule has 82 heavy (non-hydrogen) atoms. The molecule has 28 heteroatoms. The number of nitrogens with two attached hydrogens (primary N) is 1. The highest BCUT2D eigenvalue weighted by Gasteiger charge is 2.41. The number of carbonyl (C=O) groups excluding carboxylic acids is 7. The Bertz CT molecular complexity index is 3560. The van der Waals surface area contributed by atoms with Gasteiger partial charge < -0.3 is 31.3 Å². The van der Waals surface area contributed by atoms with E-state index in [1.165, 1.54) is 57.8 Å². The number of Topliss-reactive ketones (excluding diaryl/α,β-unsaturated/α-hetero) is 2. The molecule has 8 heterocycles. The van der Waals surface area contributed by atoms with Crippen LogP contribution in [0.25, 0.3) is 44.1 Å². The molecular weight excluding hydrogens is 1200 g/mol. The molecule has 5 N–H and O–H groups in total. The number of ketones is 2. The first kappa shape index (κ1) is 60.5. The average molecular weight is 1250 g/mol. The lowest BCUT2D eigenvalue weighted by Crippen LogP contribution is -2.44. The predicted molar refractivity (Wildman–Crippen MR) is 302 cm³/mol. The summed E-state index contributed by atoms with van der Waals surface area (Å²) < 4.78 is 32.6. The molecule has 8 aromatic rings. The third-order valence-electron chi connectivity index (χ3n) is 12.8. The van der Waals surface area contributed by atoms with Crippen LogP contribution in [0.1, 0.15) is 83.8 Å². The van der Waals surface area contributed by atoms with Crippen LogP contribution in [0.15, 0.2) is 107 Å². The third kappa shape index (κ3) is 13.3. The maximum atomic E-state index is 14.4. The molecule has 2 aromatic carbocycles. The number of hydrogen-bond acceptors (Lipinski definition) is 16. The number of primary amides is 1. The number of carboxylic acids is 1. The Hall–Kier alpha value is -9.18. The maximum Gasteiger partial charge on any atom is 0.373 e. The van der Waals surface area contributed by atoms with Crippen LogP contribution in [0.3, 0.4) is 0 Å². The van der Waals surface area contributed by atoms with E-state index in [9.17, 15) is 47.1 Å². The lowest BCUT2D eigenvalue weighted by molar-refractivity contribution is -0.137. The van der Waals surface area contributed by atoms with Crippen LogP contribution in [-0.4, -0.2) is 149 Å². The summed E-state index contributed by atoms with van der Waals surface area (Å²) in [4.78, 5) is 126. The minimum Gasteiger partial charge on any atom is -0.475 e. The zero-order valence-electron chi connectivity index (χ0n) is 42.0. The molecule has 0 spiro atoms. The van der Waals surface area contributed by atoms with Gasteiger partial charge in [-0.25, -0.2) is 43.5 Å². The highest BCUT2D eigenvalue weighted by Crippen LogP contribution is 2.31. The van der Waals surface area contributed by atoms with Gasteiger partial charge in [0, 0.05) is 73.4 Å².